The summed E-state index contributed by atoms with van der Waals surface area (Å²) >= 11 is 0. The molecule has 0 aliphatic carbocycles. The number of alkyl halides is 2. The molecular formula is C12H19F2N3O. The van der Waals surface area contributed by atoms with Crippen molar-refractivity contribution in [1.82, 2.24) is 15.1 Å². The molecule has 102 valence electrons. The van der Waals surface area contributed by atoms with Gasteiger partial charge in [0, 0.05) is 12.2 Å². The van der Waals surface area contributed by atoms with Crippen molar-refractivity contribution in [2.45, 2.75) is 46.1 Å². The molecule has 1 heterocycles. The number of amides is 1. The summed E-state index contributed by atoms with van der Waals surface area (Å²) in [7, 11) is 0. The van der Waals surface area contributed by atoms with Gasteiger partial charge in [0.2, 0.25) is 5.91 Å². The van der Waals surface area contributed by atoms with Gasteiger partial charge in [-0.3, -0.25) is 9.48 Å². The molecule has 0 aliphatic heterocycles. The quantitative estimate of drug-likeness (QED) is 0.798. The molecule has 0 saturated carbocycles. The Morgan fingerprint density at radius 1 is 1.56 bits per heavy atom. The first-order chi connectivity index (χ1) is 8.47. The summed E-state index contributed by atoms with van der Waals surface area (Å²) in [5.41, 5.74) is 0.268. The molecule has 1 N–H and O–H groups in total. The number of aromatic nitrogens is 2. The molecule has 6 heteroatoms. The van der Waals surface area contributed by atoms with E-state index in [9.17, 15) is 13.6 Å². The number of carbonyl (C=O) groups is 1. The fourth-order valence-corrected chi connectivity index (χ4v) is 1.66. The fraction of sp³-hybridized carbons (Fsp3) is 0.667. The monoisotopic (exact) mass is 259 g/mol. The number of aryl methyl sites for hydroxylation is 1. The standard InChI is InChI=1S/C12H19F2N3O/c1-4-5-6-15-12(18)9(3)17-8(2)7-10(16-17)11(13)14/h7,9,11H,4-6H2,1-3H3,(H,15,18). The van der Waals surface area contributed by atoms with Gasteiger partial charge in [-0.05, 0) is 26.3 Å². The van der Waals surface area contributed by atoms with Crippen molar-refractivity contribution >= 4 is 5.91 Å². The molecule has 0 radical (unpaired) electrons. The Balaban J connectivity index is 2.71. The molecular weight excluding hydrogens is 240 g/mol. The number of nitrogens with zero attached hydrogens (tertiary/aromatic N) is 2. The van der Waals surface area contributed by atoms with Gasteiger partial charge in [0.15, 0.2) is 0 Å². The number of carbonyl (C=O) groups excluding carboxylic acids is 1. The SMILES string of the molecule is CCCCNC(=O)C(C)n1nc(C(F)F)cc1C. The molecule has 0 saturated heterocycles. The summed E-state index contributed by atoms with van der Waals surface area (Å²) in [6.07, 6.45) is -0.718. The minimum Gasteiger partial charge on any atom is -0.354 e. The Kier molecular flexibility index (Phi) is 5.25. The van der Waals surface area contributed by atoms with Gasteiger partial charge >= 0.3 is 0 Å². The molecule has 0 bridgehead atoms. The van der Waals surface area contributed by atoms with E-state index in [2.05, 4.69) is 10.4 Å². The van der Waals surface area contributed by atoms with E-state index in [0.29, 0.717) is 12.2 Å². The largest absolute Gasteiger partial charge is 0.354 e. The van der Waals surface area contributed by atoms with Crippen LogP contribution in [0.1, 0.15) is 50.5 Å². The lowest BCUT2D eigenvalue weighted by atomic mass is 10.3. The third-order valence-corrected chi connectivity index (χ3v) is 2.74. The van der Waals surface area contributed by atoms with Crippen LogP contribution in [-0.2, 0) is 4.79 Å². The van der Waals surface area contributed by atoms with Crippen LogP contribution in [0.4, 0.5) is 8.78 Å². The van der Waals surface area contributed by atoms with Crippen LogP contribution in [0.3, 0.4) is 0 Å². The summed E-state index contributed by atoms with van der Waals surface area (Å²) in [5, 5.41) is 6.52. The van der Waals surface area contributed by atoms with Crippen LogP contribution in [0, 0.1) is 6.92 Å². The molecule has 1 unspecified atom stereocenters. The smallest absolute Gasteiger partial charge is 0.282 e. The topological polar surface area (TPSA) is 46.9 Å². The van der Waals surface area contributed by atoms with Crippen LogP contribution in [0.25, 0.3) is 0 Å². The average molecular weight is 259 g/mol. The second-order valence-electron chi connectivity index (χ2n) is 4.28. The van der Waals surface area contributed by atoms with E-state index in [0.717, 1.165) is 12.8 Å². The molecule has 1 rings (SSSR count). The first-order valence-electron chi connectivity index (χ1n) is 6.09. The number of rotatable bonds is 6. The Bertz CT molecular complexity index is 404. The molecule has 4 nitrogen and oxygen atoms in total. The highest BCUT2D eigenvalue weighted by Crippen LogP contribution is 2.20. The second-order valence-corrected chi connectivity index (χ2v) is 4.28. The maximum atomic E-state index is 12.5. The van der Waals surface area contributed by atoms with Crippen molar-refractivity contribution in [2.24, 2.45) is 0 Å². The number of unbranched alkanes of at least 4 members (excludes halogenated alkanes) is 1. The van der Waals surface area contributed by atoms with Gasteiger partial charge in [0.05, 0.1) is 0 Å². The van der Waals surface area contributed by atoms with Crippen LogP contribution in [0.15, 0.2) is 6.07 Å². The molecule has 1 atom stereocenters. The first kappa shape index (κ1) is 14.6. The Morgan fingerprint density at radius 3 is 2.72 bits per heavy atom. The van der Waals surface area contributed by atoms with E-state index in [1.807, 2.05) is 6.92 Å². The summed E-state index contributed by atoms with van der Waals surface area (Å²) in [6.45, 7) is 5.94. The Labute approximate surface area is 105 Å². The lowest BCUT2D eigenvalue weighted by Crippen LogP contribution is -2.32. The maximum Gasteiger partial charge on any atom is 0.282 e. The molecule has 0 spiro atoms. The summed E-state index contributed by atoms with van der Waals surface area (Å²) in [6, 6.07) is 0.731. The highest BCUT2D eigenvalue weighted by molar-refractivity contribution is 5.79. The third-order valence-electron chi connectivity index (χ3n) is 2.74. The van der Waals surface area contributed by atoms with E-state index < -0.39 is 12.5 Å². The number of nitrogens with one attached hydrogen (secondary N) is 1. The summed E-state index contributed by atoms with van der Waals surface area (Å²) in [4.78, 5) is 11.8. The van der Waals surface area contributed by atoms with E-state index >= 15 is 0 Å². The average Bonchev–Trinajstić information content (AvgIpc) is 2.70. The highest BCUT2D eigenvalue weighted by Gasteiger charge is 2.20. The van der Waals surface area contributed by atoms with Crippen molar-refractivity contribution < 1.29 is 13.6 Å². The number of hydrogen-bond donors (Lipinski definition) is 1. The van der Waals surface area contributed by atoms with E-state index in [4.69, 9.17) is 0 Å². The molecule has 1 amide bonds. The van der Waals surface area contributed by atoms with E-state index in [-0.39, 0.29) is 11.6 Å². The van der Waals surface area contributed by atoms with Crippen LogP contribution in [-0.4, -0.2) is 22.2 Å². The van der Waals surface area contributed by atoms with Crippen LogP contribution < -0.4 is 5.32 Å². The van der Waals surface area contributed by atoms with Gasteiger partial charge in [-0.1, -0.05) is 13.3 Å². The molecule has 1 aromatic rings. The number of halogens is 2. The minimum absolute atomic E-state index is 0.199. The van der Waals surface area contributed by atoms with Gasteiger partial charge in [-0.15, -0.1) is 0 Å². The normalized spacial score (nSPS) is 12.8. The van der Waals surface area contributed by atoms with E-state index in [1.165, 1.54) is 10.7 Å². The lowest BCUT2D eigenvalue weighted by molar-refractivity contribution is -0.124. The van der Waals surface area contributed by atoms with Gasteiger partial charge < -0.3 is 5.32 Å². The fourth-order valence-electron chi connectivity index (χ4n) is 1.66. The van der Waals surface area contributed by atoms with Crippen molar-refractivity contribution in [3.8, 4) is 0 Å². The predicted molar refractivity (Wildman–Crippen MR) is 64.5 cm³/mol. The van der Waals surface area contributed by atoms with Crippen molar-refractivity contribution in [1.29, 1.82) is 0 Å². The Hall–Kier alpha value is -1.46. The van der Waals surface area contributed by atoms with Crippen LogP contribution in [0.5, 0.6) is 0 Å². The lowest BCUT2D eigenvalue weighted by Gasteiger charge is -2.14. The first-order valence-corrected chi connectivity index (χ1v) is 6.09. The molecule has 18 heavy (non-hydrogen) atoms. The Morgan fingerprint density at radius 2 is 2.22 bits per heavy atom. The zero-order valence-electron chi connectivity index (χ0n) is 10.9. The molecule has 0 aliphatic rings. The molecule has 0 aromatic carbocycles. The second kappa shape index (κ2) is 6.47. The van der Waals surface area contributed by atoms with Crippen LogP contribution in [0.2, 0.25) is 0 Å². The zero-order chi connectivity index (χ0) is 13.7. The third kappa shape index (κ3) is 3.51. The summed E-state index contributed by atoms with van der Waals surface area (Å²) < 4.78 is 26.3. The van der Waals surface area contributed by atoms with Gasteiger partial charge in [0.1, 0.15) is 11.7 Å². The highest BCUT2D eigenvalue weighted by atomic mass is 19.3. The minimum atomic E-state index is -2.61. The van der Waals surface area contributed by atoms with Crippen molar-refractivity contribution in [3.63, 3.8) is 0 Å². The van der Waals surface area contributed by atoms with E-state index in [1.54, 1.807) is 13.8 Å². The van der Waals surface area contributed by atoms with Gasteiger partial charge in [-0.2, -0.15) is 5.10 Å². The maximum absolute atomic E-state index is 12.5. The molecule has 0 fully saturated rings. The van der Waals surface area contributed by atoms with Crippen LogP contribution >= 0.6 is 0 Å². The van der Waals surface area contributed by atoms with Gasteiger partial charge in [-0.25, -0.2) is 8.78 Å². The zero-order valence-corrected chi connectivity index (χ0v) is 10.9. The predicted octanol–water partition coefficient (Wildman–Crippen LogP) is 2.61. The van der Waals surface area contributed by atoms with Gasteiger partial charge in [0.25, 0.3) is 6.43 Å². The van der Waals surface area contributed by atoms with Crippen molar-refractivity contribution in [3.05, 3.63) is 17.5 Å². The number of hydrogen-bond acceptors (Lipinski definition) is 2. The molecule has 1 aromatic heterocycles. The van der Waals surface area contributed by atoms with Crippen molar-refractivity contribution in [2.75, 3.05) is 6.54 Å². The summed E-state index contributed by atoms with van der Waals surface area (Å²) in [5.74, 6) is -0.199.